The molecule has 1 aliphatic carbocycles. The second kappa shape index (κ2) is 3.86. The lowest BCUT2D eigenvalue weighted by molar-refractivity contribution is -0.137. The van der Waals surface area contributed by atoms with Gasteiger partial charge < -0.3 is 9.84 Å². The Kier molecular flexibility index (Phi) is 2.70. The Labute approximate surface area is 88.2 Å². The van der Waals surface area contributed by atoms with Crippen molar-refractivity contribution in [2.75, 3.05) is 6.61 Å². The molecule has 0 bridgehead atoms. The number of rotatable bonds is 4. The fourth-order valence-electron chi connectivity index (χ4n) is 1.97. The highest BCUT2D eigenvalue weighted by Crippen LogP contribution is 2.36. The van der Waals surface area contributed by atoms with Gasteiger partial charge >= 0.3 is 0 Å². The van der Waals surface area contributed by atoms with E-state index in [1.54, 1.807) is 7.05 Å². The van der Waals surface area contributed by atoms with E-state index in [2.05, 4.69) is 15.4 Å². The van der Waals surface area contributed by atoms with Crippen LogP contribution in [0.2, 0.25) is 0 Å². The second-order valence-electron chi connectivity index (χ2n) is 4.08. The van der Waals surface area contributed by atoms with Gasteiger partial charge in [0.15, 0.2) is 5.82 Å². The lowest BCUT2D eigenvalue weighted by Crippen LogP contribution is -2.50. The second-order valence-corrected chi connectivity index (χ2v) is 4.08. The molecule has 1 aromatic rings. The maximum Gasteiger partial charge on any atom is 0.177 e. The van der Waals surface area contributed by atoms with Gasteiger partial charge in [0, 0.05) is 25.9 Å². The van der Waals surface area contributed by atoms with Gasteiger partial charge in [-0.3, -0.25) is 0 Å². The van der Waals surface area contributed by atoms with Crippen LogP contribution in [0.25, 0.3) is 0 Å². The van der Waals surface area contributed by atoms with Crippen LogP contribution in [0.4, 0.5) is 0 Å². The van der Waals surface area contributed by atoms with Crippen molar-refractivity contribution >= 4 is 0 Å². The van der Waals surface area contributed by atoms with Crippen molar-refractivity contribution in [3.8, 4) is 0 Å². The SMILES string of the molecule is CCOC1CC(O)(Cc2nnn(C)n2)C1. The fourth-order valence-corrected chi connectivity index (χ4v) is 1.97. The third-order valence-corrected chi connectivity index (χ3v) is 2.65. The molecule has 15 heavy (non-hydrogen) atoms. The normalized spacial score (nSPS) is 30.2. The Balaban J connectivity index is 1.86. The van der Waals surface area contributed by atoms with Crippen molar-refractivity contribution in [1.29, 1.82) is 0 Å². The van der Waals surface area contributed by atoms with Crippen molar-refractivity contribution < 1.29 is 9.84 Å². The highest BCUT2D eigenvalue weighted by Gasteiger charge is 2.44. The monoisotopic (exact) mass is 212 g/mol. The Bertz CT molecular complexity index is 333. The van der Waals surface area contributed by atoms with E-state index in [1.165, 1.54) is 4.80 Å². The van der Waals surface area contributed by atoms with E-state index >= 15 is 0 Å². The molecule has 0 atom stereocenters. The summed E-state index contributed by atoms with van der Waals surface area (Å²) in [6.45, 7) is 2.66. The fraction of sp³-hybridized carbons (Fsp3) is 0.889. The maximum atomic E-state index is 10.1. The van der Waals surface area contributed by atoms with Gasteiger partial charge in [-0.15, -0.1) is 10.2 Å². The number of tetrazole rings is 1. The zero-order valence-corrected chi connectivity index (χ0v) is 9.05. The molecule has 1 aliphatic rings. The molecule has 6 nitrogen and oxygen atoms in total. The smallest absolute Gasteiger partial charge is 0.177 e. The van der Waals surface area contributed by atoms with Crippen LogP contribution < -0.4 is 0 Å². The molecule has 0 spiro atoms. The van der Waals surface area contributed by atoms with Crippen molar-refractivity contribution in [2.24, 2.45) is 7.05 Å². The summed E-state index contributed by atoms with van der Waals surface area (Å²) in [7, 11) is 1.71. The number of ether oxygens (including phenoxy) is 1. The van der Waals surface area contributed by atoms with Crippen LogP contribution in [0.1, 0.15) is 25.6 Å². The molecule has 84 valence electrons. The molecular weight excluding hydrogens is 196 g/mol. The van der Waals surface area contributed by atoms with Crippen LogP contribution in [0.15, 0.2) is 0 Å². The first kappa shape index (κ1) is 10.5. The summed E-state index contributed by atoms with van der Waals surface area (Å²) in [5.74, 6) is 0.593. The van der Waals surface area contributed by atoms with Crippen molar-refractivity contribution in [2.45, 2.75) is 37.9 Å². The summed E-state index contributed by atoms with van der Waals surface area (Å²) >= 11 is 0. The first-order chi connectivity index (χ1) is 7.11. The van der Waals surface area contributed by atoms with E-state index in [0.29, 0.717) is 31.7 Å². The Morgan fingerprint density at radius 1 is 1.60 bits per heavy atom. The third-order valence-electron chi connectivity index (χ3n) is 2.65. The topological polar surface area (TPSA) is 73.1 Å². The van der Waals surface area contributed by atoms with Crippen LogP contribution in [0, 0.1) is 0 Å². The first-order valence-corrected chi connectivity index (χ1v) is 5.18. The van der Waals surface area contributed by atoms with Crippen molar-refractivity contribution in [1.82, 2.24) is 20.2 Å². The first-order valence-electron chi connectivity index (χ1n) is 5.18. The Morgan fingerprint density at radius 2 is 2.33 bits per heavy atom. The molecule has 0 unspecified atom stereocenters. The van der Waals surface area contributed by atoms with Gasteiger partial charge in [-0.05, 0) is 12.1 Å². The molecule has 1 N–H and O–H groups in total. The molecule has 1 saturated carbocycles. The van der Waals surface area contributed by atoms with Gasteiger partial charge in [0.2, 0.25) is 0 Å². The average Bonchev–Trinajstić information content (AvgIpc) is 2.49. The van der Waals surface area contributed by atoms with Gasteiger partial charge in [-0.1, -0.05) is 0 Å². The predicted molar refractivity (Wildman–Crippen MR) is 52.1 cm³/mol. The zero-order valence-electron chi connectivity index (χ0n) is 9.05. The summed E-state index contributed by atoms with van der Waals surface area (Å²) in [5, 5.41) is 21.7. The maximum absolute atomic E-state index is 10.1. The molecule has 6 heteroatoms. The third kappa shape index (κ3) is 2.32. The number of nitrogens with zero attached hydrogens (tertiary/aromatic N) is 4. The van der Waals surface area contributed by atoms with Gasteiger partial charge in [0.1, 0.15) is 0 Å². The van der Waals surface area contributed by atoms with E-state index in [4.69, 9.17) is 4.74 Å². The van der Waals surface area contributed by atoms with E-state index < -0.39 is 5.60 Å². The highest BCUT2D eigenvalue weighted by atomic mass is 16.5. The standard InChI is InChI=1S/C9H16N4O2/c1-3-15-7-4-9(14,5-7)6-8-10-12-13(2)11-8/h7,14H,3-6H2,1-2H3. The lowest BCUT2D eigenvalue weighted by Gasteiger charge is -2.42. The summed E-state index contributed by atoms with van der Waals surface area (Å²) in [4.78, 5) is 1.40. The van der Waals surface area contributed by atoms with E-state index in [1.807, 2.05) is 6.92 Å². The number of aryl methyl sites for hydroxylation is 1. The summed E-state index contributed by atoms with van der Waals surface area (Å²) in [6, 6.07) is 0. The highest BCUT2D eigenvalue weighted by molar-refractivity contribution is 5.01. The van der Waals surface area contributed by atoms with Gasteiger partial charge in [-0.2, -0.15) is 4.80 Å². The van der Waals surface area contributed by atoms with Crippen LogP contribution in [0.5, 0.6) is 0 Å². The van der Waals surface area contributed by atoms with E-state index in [0.717, 1.165) is 0 Å². The predicted octanol–water partition coefficient (Wildman–Crippen LogP) is -0.317. The molecule has 0 aliphatic heterocycles. The molecule has 0 aromatic carbocycles. The van der Waals surface area contributed by atoms with E-state index in [-0.39, 0.29) is 6.10 Å². The lowest BCUT2D eigenvalue weighted by atomic mass is 9.75. The van der Waals surface area contributed by atoms with Crippen LogP contribution in [0.3, 0.4) is 0 Å². The molecular formula is C9H16N4O2. The van der Waals surface area contributed by atoms with Crippen molar-refractivity contribution in [3.63, 3.8) is 0 Å². The minimum Gasteiger partial charge on any atom is -0.389 e. The van der Waals surface area contributed by atoms with Crippen LogP contribution >= 0.6 is 0 Å². The van der Waals surface area contributed by atoms with Gasteiger partial charge in [0.25, 0.3) is 0 Å². The molecule has 1 aromatic heterocycles. The summed E-state index contributed by atoms with van der Waals surface area (Å²) in [5.41, 5.74) is -0.692. The number of aliphatic hydroxyl groups is 1. The van der Waals surface area contributed by atoms with Gasteiger partial charge in [0.05, 0.1) is 18.8 Å². The Morgan fingerprint density at radius 3 is 2.87 bits per heavy atom. The number of aromatic nitrogens is 4. The molecule has 1 heterocycles. The number of hydrogen-bond donors (Lipinski definition) is 1. The van der Waals surface area contributed by atoms with Gasteiger partial charge in [-0.25, -0.2) is 0 Å². The van der Waals surface area contributed by atoms with Crippen molar-refractivity contribution in [3.05, 3.63) is 5.82 Å². The molecule has 0 amide bonds. The molecule has 2 rings (SSSR count). The minimum absolute atomic E-state index is 0.191. The molecule has 0 radical (unpaired) electrons. The molecule has 1 fully saturated rings. The number of hydrogen-bond acceptors (Lipinski definition) is 5. The van der Waals surface area contributed by atoms with Crippen LogP contribution in [-0.4, -0.2) is 43.6 Å². The Hall–Kier alpha value is -1.01. The summed E-state index contributed by atoms with van der Waals surface area (Å²) < 4.78 is 5.39. The minimum atomic E-state index is -0.692. The largest absolute Gasteiger partial charge is 0.389 e. The zero-order chi connectivity index (χ0) is 10.9. The summed E-state index contributed by atoms with van der Waals surface area (Å²) in [6.07, 6.45) is 1.99. The molecule has 0 saturated heterocycles. The average molecular weight is 212 g/mol. The quantitative estimate of drug-likeness (QED) is 0.740. The van der Waals surface area contributed by atoms with Crippen LogP contribution in [-0.2, 0) is 18.2 Å². The van der Waals surface area contributed by atoms with E-state index in [9.17, 15) is 5.11 Å².